The van der Waals surface area contributed by atoms with Gasteiger partial charge in [-0.25, -0.2) is 8.42 Å². The SMILES string of the molecule is CS(=O)(=O)c1ccc(C2=NC(SC[C@H]3CCCO3)CNC2)cc1. The van der Waals surface area contributed by atoms with E-state index in [0.717, 1.165) is 49.6 Å². The monoisotopic (exact) mass is 354 g/mol. The number of benzene rings is 1. The quantitative estimate of drug-likeness (QED) is 0.872. The molecule has 0 aliphatic carbocycles. The summed E-state index contributed by atoms with van der Waals surface area (Å²) in [7, 11) is -3.15. The fraction of sp³-hybridized carbons (Fsp3) is 0.562. The summed E-state index contributed by atoms with van der Waals surface area (Å²) in [6.07, 6.45) is 3.90. The highest BCUT2D eigenvalue weighted by Gasteiger charge is 2.21. The van der Waals surface area contributed by atoms with Gasteiger partial charge in [-0.1, -0.05) is 12.1 Å². The third kappa shape index (κ3) is 4.56. The van der Waals surface area contributed by atoms with E-state index in [0.29, 0.717) is 11.0 Å². The molecule has 2 atom stereocenters. The molecular formula is C16H22N2O3S2. The molecule has 3 rings (SSSR count). The highest BCUT2D eigenvalue weighted by molar-refractivity contribution is 7.99. The number of nitrogens with zero attached hydrogens (tertiary/aromatic N) is 1. The summed E-state index contributed by atoms with van der Waals surface area (Å²) in [5.41, 5.74) is 1.97. The van der Waals surface area contributed by atoms with Crippen LogP contribution >= 0.6 is 11.8 Å². The van der Waals surface area contributed by atoms with Gasteiger partial charge in [-0.15, -0.1) is 11.8 Å². The predicted molar refractivity (Wildman–Crippen MR) is 94.2 cm³/mol. The number of thioether (sulfide) groups is 1. The maximum atomic E-state index is 11.5. The Balaban J connectivity index is 1.66. The van der Waals surface area contributed by atoms with E-state index < -0.39 is 9.84 Å². The summed E-state index contributed by atoms with van der Waals surface area (Å²) in [6.45, 7) is 2.47. The van der Waals surface area contributed by atoms with Crippen molar-refractivity contribution >= 4 is 27.3 Å². The van der Waals surface area contributed by atoms with Gasteiger partial charge in [-0.2, -0.15) is 0 Å². The second-order valence-corrected chi connectivity index (χ2v) is 9.15. The first-order chi connectivity index (χ1) is 11.0. The molecule has 0 radical (unpaired) electrons. The zero-order valence-electron chi connectivity index (χ0n) is 13.2. The highest BCUT2D eigenvalue weighted by atomic mass is 32.2. The number of ether oxygens (including phenoxy) is 1. The Labute approximate surface area is 141 Å². The fourth-order valence-corrected chi connectivity index (χ4v) is 4.51. The zero-order chi connectivity index (χ0) is 16.3. The molecule has 1 saturated heterocycles. The van der Waals surface area contributed by atoms with Gasteiger partial charge in [0.1, 0.15) is 5.37 Å². The summed E-state index contributed by atoms with van der Waals surface area (Å²) in [4.78, 5) is 5.16. The van der Waals surface area contributed by atoms with Crippen LogP contribution in [0.3, 0.4) is 0 Å². The average Bonchev–Trinajstić information content (AvgIpc) is 3.06. The van der Waals surface area contributed by atoms with Crippen LogP contribution in [0.25, 0.3) is 0 Å². The molecule has 2 aliphatic rings. The lowest BCUT2D eigenvalue weighted by molar-refractivity contribution is 0.129. The first kappa shape index (κ1) is 17.0. The molecule has 0 amide bonds. The van der Waals surface area contributed by atoms with Crippen LogP contribution in [0.15, 0.2) is 34.2 Å². The van der Waals surface area contributed by atoms with Gasteiger partial charge in [-0.05, 0) is 30.5 Å². The van der Waals surface area contributed by atoms with Crippen molar-refractivity contribution in [3.63, 3.8) is 0 Å². The summed E-state index contributed by atoms with van der Waals surface area (Å²) in [5.74, 6) is 0.982. The Morgan fingerprint density at radius 2 is 2.13 bits per heavy atom. The van der Waals surface area contributed by atoms with E-state index in [1.807, 2.05) is 23.9 Å². The molecule has 1 fully saturated rings. The smallest absolute Gasteiger partial charge is 0.175 e. The molecule has 2 aliphatic heterocycles. The molecule has 0 saturated carbocycles. The van der Waals surface area contributed by atoms with Gasteiger partial charge in [0.2, 0.25) is 0 Å². The maximum Gasteiger partial charge on any atom is 0.175 e. The number of sulfone groups is 1. The lowest BCUT2D eigenvalue weighted by Gasteiger charge is -2.22. The molecule has 126 valence electrons. The third-order valence-corrected chi connectivity index (χ3v) is 6.37. The van der Waals surface area contributed by atoms with Crippen molar-refractivity contribution in [3.8, 4) is 0 Å². The minimum atomic E-state index is -3.15. The Kier molecular flexibility index (Phi) is 5.41. The molecule has 0 aromatic heterocycles. The molecule has 1 N–H and O–H groups in total. The van der Waals surface area contributed by atoms with Crippen LogP contribution in [0, 0.1) is 0 Å². The minimum Gasteiger partial charge on any atom is -0.377 e. The number of aliphatic imine (C=N–C) groups is 1. The standard InChI is InChI=1S/C16H22N2O3S2/c1-23(19,20)14-6-4-12(5-7-14)15-9-17-10-16(18-15)22-11-13-3-2-8-21-13/h4-7,13,16-17H,2-3,8-11H2,1H3/t13-,16?/m1/s1. The summed E-state index contributed by atoms with van der Waals surface area (Å²) < 4.78 is 28.7. The largest absolute Gasteiger partial charge is 0.377 e. The van der Waals surface area contributed by atoms with E-state index in [9.17, 15) is 8.42 Å². The zero-order valence-corrected chi connectivity index (χ0v) is 14.8. The molecule has 0 bridgehead atoms. The van der Waals surface area contributed by atoms with Crippen LogP contribution in [-0.4, -0.2) is 57.3 Å². The van der Waals surface area contributed by atoms with E-state index >= 15 is 0 Å². The Bertz CT molecular complexity index is 665. The second-order valence-electron chi connectivity index (χ2n) is 5.93. The van der Waals surface area contributed by atoms with Crippen molar-refractivity contribution in [1.82, 2.24) is 5.32 Å². The lowest BCUT2D eigenvalue weighted by Crippen LogP contribution is -2.36. The van der Waals surface area contributed by atoms with Crippen molar-refractivity contribution < 1.29 is 13.2 Å². The Morgan fingerprint density at radius 3 is 2.78 bits per heavy atom. The van der Waals surface area contributed by atoms with Crippen molar-refractivity contribution in [2.45, 2.75) is 29.2 Å². The van der Waals surface area contributed by atoms with Crippen molar-refractivity contribution in [1.29, 1.82) is 0 Å². The minimum absolute atomic E-state index is 0.192. The molecule has 5 nitrogen and oxygen atoms in total. The summed E-state index contributed by atoms with van der Waals surface area (Å²) in [6, 6.07) is 6.97. The number of nitrogens with one attached hydrogen (secondary N) is 1. The van der Waals surface area contributed by atoms with Gasteiger partial charge < -0.3 is 10.1 Å². The van der Waals surface area contributed by atoms with Gasteiger partial charge in [0.05, 0.1) is 16.7 Å². The molecule has 1 aromatic carbocycles. The number of hydrogen-bond donors (Lipinski definition) is 1. The molecule has 7 heteroatoms. The van der Waals surface area contributed by atoms with Crippen LogP contribution in [-0.2, 0) is 14.6 Å². The van der Waals surface area contributed by atoms with E-state index in [2.05, 4.69) is 5.32 Å². The van der Waals surface area contributed by atoms with E-state index in [4.69, 9.17) is 9.73 Å². The highest BCUT2D eigenvalue weighted by Crippen LogP contribution is 2.23. The Hall–Kier alpha value is -0.890. The van der Waals surface area contributed by atoms with E-state index in [1.165, 1.54) is 6.26 Å². The van der Waals surface area contributed by atoms with Gasteiger partial charge in [-0.3, -0.25) is 4.99 Å². The van der Waals surface area contributed by atoms with Gasteiger partial charge >= 0.3 is 0 Å². The number of hydrogen-bond acceptors (Lipinski definition) is 6. The molecule has 23 heavy (non-hydrogen) atoms. The summed E-state index contributed by atoms with van der Waals surface area (Å²) in [5, 5.41) is 3.59. The normalized spacial score (nSPS) is 25.3. The van der Waals surface area contributed by atoms with Crippen LogP contribution in [0.4, 0.5) is 0 Å². The average molecular weight is 354 g/mol. The van der Waals surface area contributed by atoms with Crippen molar-refractivity contribution in [2.24, 2.45) is 4.99 Å². The van der Waals surface area contributed by atoms with Gasteiger partial charge in [0, 0.05) is 31.7 Å². The van der Waals surface area contributed by atoms with Crippen molar-refractivity contribution in [2.75, 3.05) is 31.7 Å². The second kappa shape index (κ2) is 7.34. The fourth-order valence-electron chi connectivity index (χ4n) is 2.74. The molecule has 1 aromatic rings. The topological polar surface area (TPSA) is 67.8 Å². The molecule has 1 unspecified atom stereocenters. The molecule has 0 spiro atoms. The van der Waals surface area contributed by atoms with Gasteiger partial charge in [0.25, 0.3) is 0 Å². The predicted octanol–water partition coefficient (Wildman–Crippen LogP) is 1.72. The van der Waals surface area contributed by atoms with Crippen LogP contribution in [0.1, 0.15) is 18.4 Å². The Morgan fingerprint density at radius 1 is 1.35 bits per heavy atom. The summed E-state index contributed by atoms with van der Waals surface area (Å²) >= 11 is 1.83. The van der Waals surface area contributed by atoms with Crippen LogP contribution in [0.2, 0.25) is 0 Å². The lowest BCUT2D eigenvalue weighted by atomic mass is 10.1. The third-order valence-electron chi connectivity index (χ3n) is 4.03. The van der Waals surface area contributed by atoms with E-state index in [-0.39, 0.29) is 5.37 Å². The molecule has 2 heterocycles. The first-order valence-electron chi connectivity index (χ1n) is 7.83. The van der Waals surface area contributed by atoms with Crippen molar-refractivity contribution in [3.05, 3.63) is 29.8 Å². The van der Waals surface area contributed by atoms with E-state index in [1.54, 1.807) is 12.1 Å². The first-order valence-corrected chi connectivity index (χ1v) is 10.8. The van der Waals surface area contributed by atoms with Crippen LogP contribution in [0.5, 0.6) is 0 Å². The van der Waals surface area contributed by atoms with Crippen LogP contribution < -0.4 is 5.32 Å². The van der Waals surface area contributed by atoms with Gasteiger partial charge in [0.15, 0.2) is 9.84 Å². The molecular weight excluding hydrogens is 332 g/mol. The number of rotatable bonds is 5. The maximum absolute atomic E-state index is 11.5.